The second-order valence-corrected chi connectivity index (χ2v) is 8.83. The minimum absolute atomic E-state index is 0.0699. The van der Waals surface area contributed by atoms with Crippen molar-refractivity contribution in [2.24, 2.45) is 0 Å². The molecule has 0 saturated carbocycles. The van der Waals surface area contributed by atoms with Crippen LogP contribution in [-0.4, -0.2) is 29.3 Å². The summed E-state index contributed by atoms with van der Waals surface area (Å²) in [6, 6.07) is 2.29. The molecule has 0 amide bonds. The molecule has 0 heterocycles. The normalized spacial score (nSPS) is 12.5. The number of hydrogen-bond acceptors (Lipinski definition) is 4. The van der Waals surface area contributed by atoms with Crippen LogP contribution in [-0.2, 0) is 20.0 Å². The number of aryl methyl sites for hydroxylation is 1. The summed E-state index contributed by atoms with van der Waals surface area (Å²) >= 11 is 1.69. The Kier molecular flexibility index (Phi) is 4.28. The first-order valence-electron chi connectivity index (χ1n) is 4.60. The van der Waals surface area contributed by atoms with Crippen molar-refractivity contribution in [3.8, 4) is 0 Å². The monoisotopic (exact) mass is 407 g/mol. The van der Waals surface area contributed by atoms with Crippen molar-refractivity contribution in [3.63, 3.8) is 0 Å². The topological polar surface area (TPSA) is 71.5 Å². The lowest BCUT2D eigenvalue weighted by Gasteiger charge is -2.21. The molecule has 1 aromatic carbocycles. The maximum Gasteiger partial charge on any atom is 0.245 e. The fourth-order valence-corrected chi connectivity index (χ4v) is 5.37. The molecule has 0 radical (unpaired) electrons. The number of rotatable bonds is 3. The third-order valence-corrected chi connectivity index (χ3v) is 6.11. The Labute approximate surface area is 119 Å². The van der Waals surface area contributed by atoms with Crippen molar-refractivity contribution < 1.29 is 21.2 Å². The number of halogens is 2. The minimum atomic E-state index is -4.01. The van der Waals surface area contributed by atoms with E-state index in [0.29, 0.717) is 3.71 Å². The molecule has 0 aliphatic rings. The molecular weight excluding hydrogens is 396 g/mol. The summed E-state index contributed by atoms with van der Waals surface area (Å²) in [7, 11) is -8.02. The van der Waals surface area contributed by atoms with Gasteiger partial charge in [-0.3, -0.25) is 0 Å². The Bertz CT molecular complexity index is 653. The third-order valence-electron chi connectivity index (χ3n) is 2.03. The molecule has 0 fully saturated rings. The lowest BCUT2D eigenvalue weighted by atomic mass is 10.2. The van der Waals surface area contributed by atoms with Crippen molar-refractivity contribution in [2.45, 2.75) is 6.92 Å². The first-order valence-corrected chi connectivity index (χ1v) is 9.38. The van der Waals surface area contributed by atoms with Crippen LogP contribution in [0.5, 0.6) is 0 Å². The van der Waals surface area contributed by atoms with Crippen LogP contribution < -0.4 is 3.71 Å². The van der Waals surface area contributed by atoms with Crippen LogP contribution in [0.2, 0.25) is 0 Å². The Hall–Kier alpha value is -0.420. The molecule has 0 bridgehead atoms. The first-order chi connectivity index (χ1) is 7.94. The summed E-state index contributed by atoms with van der Waals surface area (Å²) in [6.07, 6.45) is 1.56. The zero-order valence-corrected chi connectivity index (χ0v) is 13.6. The SMILES string of the molecule is Cc1cc(N(S(C)(=O)=O)S(C)(=O)=O)c(I)cc1F. The van der Waals surface area contributed by atoms with Gasteiger partial charge in [-0.1, -0.05) is 0 Å². The van der Waals surface area contributed by atoms with Crippen LogP contribution in [0.15, 0.2) is 12.1 Å². The van der Waals surface area contributed by atoms with Crippen molar-refractivity contribution >= 4 is 48.3 Å². The summed E-state index contributed by atoms with van der Waals surface area (Å²) in [5.41, 5.74) is 0.0993. The standard InChI is InChI=1S/C9H11FINO4S2/c1-6-4-9(8(11)5-7(6)10)12(17(2,13)14)18(3,15)16/h4-5H,1-3H3. The Morgan fingerprint density at radius 3 is 1.94 bits per heavy atom. The van der Waals surface area contributed by atoms with E-state index in [9.17, 15) is 21.2 Å². The van der Waals surface area contributed by atoms with E-state index in [-0.39, 0.29) is 14.8 Å². The average Bonchev–Trinajstić information content (AvgIpc) is 2.09. The zero-order chi connectivity index (χ0) is 14.3. The minimum Gasteiger partial charge on any atom is -0.207 e. The Morgan fingerprint density at radius 2 is 1.56 bits per heavy atom. The Morgan fingerprint density at radius 1 is 1.11 bits per heavy atom. The molecule has 0 aliphatic carbocycles. The maximum absolute atomic E-state index is 13.3. The van der Waals surface area contributed by atoms with Gasteiger partial charge < -0.3 is 0 Å². The van der Waals surface area contributed by atoms with Gasteiger partial charge >= 0.3 is 0 Å². The Balaban J connectivity index is 3.66. The van der Waals surface area contributed by atoms with E-state index in [2.05, 4.69) is 0 Å². The zero-order valence-electron chi connectivity index (χ0n) is 9.81. The summed E-state index contributed by atoms with van der Waals surface area (Å²) in [6.45, 7) is 1.43. The highest BCUT2D eigenvalue weighted by Crippen LogP contribution is 2.29. The average molecular weight is 407 g/mol. The van der Waals surface area contributed by atoms with Crippen LogP contribution in [0.25, 0.3) is 0 Å². The summed E-state index contributed by atoms with van der Waals surface area (Å²) in [5, 5.41) is 0. The molecule has 1 aromatic rings. The largest absolute Gasteiger partial charge is 0.245 e. The van der Waals surface area contributed by atoms with Gasteiger partial charge in [0.25, 0.3) is 0 Å². The van der Waals surface area contributed by atoms with Gasteiger partial charge in [-0.2, -0.15) is 3.71 Å². The van der Waals surface area contributed by atoms with Gasteiger partial charge in [0.15, 0.2) is 0 Å². The second kappa shape index (κ2) is 4.93. The van der Waals surface area contributed by atoms with Crippen LogP contribution in [0.1, 0.15) is 5.56 Å². The van der Waals surface area contributed by atoms with E-state index < -0.39 is 25.9 Å². The lowest BCUT2D eigenvalue weighted by Crippen LogP contribution is -2.35. The van der Waals surface area contributed by atoms with Gasteiger partial charge in [0.2, 0.25) is 20.0 Å². The summed E-state index contributed by atoms with van der Waals surface area (Å²) in [5.74, 6) is -0.523. The molecule has 9 heteroatoms. The van der Waals surface area contributed by atoms with Crippen LogP contribution in [0, 0.1) is 16.3 Å². The van der Waals surface area contributed by atoms with Crippen LogP contribution in [0.3, 0.4) is 0 Å². The van der Waals surface area contributed by atoms with E-state index in [1.807, 2.05) is 0 Å². The smallest absolute Gasteiger partial charge is 0.207 e. The van der Waals surface area contributed by atoms with E-state index in [0.717, 1.165) is 18.6 Å². The molecule has 0 N–H and O–H groups in total. The highest BCUT2D eigenvalue weighted by molar-refractivity contribution is 14.1. The molecule has 0 unspecified atom stereocenters. The third kappa shape index (κ3) is 3.32. The van der Waals surface area contributed by atoms with Crippen molar-refractivity contribution in [1.29, 1.82) is 0 Å². The fraction of sp³-hybridized carbons (Fsp3) is 0.333. The van der Waals surface area contributed by atoms with Crippen molar-refractivity contribution in [3.05, 3.63) is 27.1 Å². The van der Waals surface area contributed by atoms with Crippen molar-refractivity contribution in [1.82, 2.24) is 0 Å². The van der Waals surface area contributed by atoms with E-state index in [1.165, 1.54) is 13.0 Å². The van der Waals surface area contributed by atoms with Gasteiger partial charge in [0, 0.05) is 3.57 Å². The number of nitrogens with zero attached hydrogens (tertiary/aromatic N) is 1. The summed E-state index contributed by atoms with van der Waals surface area (Å²) < 4.78 is 60.1. The molecule has 0 atom stereocenters. The molecule has 5 nitrogen and oxygen atoms in total. The highest BCUT2D eigenvalue weighted by Gasteiger charge is 2.29. The molecule has 0 aliphatic heterocycles. The van der Waals surface area contributed by atoms with Gasteiger partial charge in [0.1, 0.15) is 5.82 Å². The van der Waals surface area contributed by atoms with Crippen LogP contribution in [0.4, 0.5) is 10.1 Å². The number of benzene rings is 1. The van der Waals surface area contributed by atoms with Crippen molar-refractivity contribution in [2.75, 3.05) is 16.2 Å². The molecule has 102 valence electrons. The quantitative estimate of drug-likeness (QED) is 0.712. The lowest BCUT2D eigenvalue weighted by molar-refractivity contribution is 0.590. The van der Waals surface area contributed by atoms with Gasteiger partial charge in [0.05, 0.1) is 18.2 Å². The van der Waals surface area contributed by atoms with Gasteiger partial charge in [-0.25, -0.2) is 21.2 Å². The molecule has 18 heavy (non-hydrogen) atoms. The highest BCUT2D eigenvalue weighted by atomic mass is 127. The molecule has 0 spiro atoms. The van der Waals surface area contributed by atoms with Gasteiger partial charge in [-0.15, -0.1) is 0 Å². The predicted molar refractivity (Wildman–Crippen MR) is 76.0 cm³/mol. The van der Waals surface area contributed by atoms with E-state index in [1.54, 1.807) is 22.6 Å². The number of hydrogen-bond donors (Lipinski definition) is 0. The van der Waals surface area contributed by atoms with E-state index >= 15 is 0 Å². The maximum atomic E-state index is 13.3. The molecular formula is C9H11FINO4S2. The second-order valence-electron chi connectivity index (χ2n) is 3.78. The molecule has 0 aromatic heterocycles. The van der Waals surface area contributed by atoms with E-state index in [4.69, 9.17) is 0 Å². The van der Waals surface area contributed by atoms with Gasteiger partial charge in [-0.05, 0) is 47.2 Å². The first kappa shape index (κ1) is 15.6. The molecule has 1 rings (SSSR count). The number of anilines is 1. The summed E-state index contributed by atoms with van der Waals surface area (Å²) in [4.78, 5) is 0. The fourth-order valence-electron chi connectivity index (χ4n) is 1.39. The van der Waals surface area contributed by atoms with Crippen LogP contribution >= 0.6 is 22.6 Å². The molecule has 0 saturated heterocycles. The predicted octanol–water partition coefficient (Wildman–Crippen LogP) is 1.46. The number of sulfonamides is 2.